The molecule has 0 unspecified atom stereocenters. The first-order chi connectivity index (χ1) is 13.9. The molecule has 0 aliphatic heterocycles. The molecule has 154 valence electrons. The Morgan fingerprint density at radius 2 is 2.07 bits per heavy atom. The van der Waals surface area contributed by atoms with E-state index in [1.54, 1.807) is 18.5 Å². The summed E-state index contributed by atoms with van der Waals surface area (Å²) in [6.45, 7) is 6.00. The van der Waals surface area contributed by atoms with Crippen LogP contribution in [0.3, 0.4) is 0 Å². The van der Waals surface area contributed by atoms with Crippen molar-refractivity contribution in [1.29, 1.82) is 0 Å². The molecule has 7 nitrogen and oxygen atoms in total. The second-order valence-electron chi connectivity index (χ2n) is 7.52. The molecule has 0 aromatic carbocycles. The fourth-order valence-electron chi connectivity index (χ4n) is 3.38. The van der Waals surface area contributed by atoms with Gasteiger partial charge in [-0.3, -0.25) is 9.78 Å². The number of fused-ring (bicyclic) bond motifs is 1. The molecular formula is C21H26ClN5O2. The maximum Gasteiger partial charge on any atom is 0.272 e. The summed E-state index contributed by atoms with van der Waals surface area (Å²) in [5.74, 6) is 0.0991. The molecule has 0 bridgehead atoms. The molecule has 3 heterocycles. The number of hydrogen-bond acceptors (Lipinski definition) is 5. The number of aliphatic hydroxyl groups excluding tert-OH is 1. The van der Waals surface area contributed by atoms with Crippen LogP contribution in [0.2, 0.25) is 5.15 Å². The van der Waals surface area contributed by atoms with Gasteiger partial charge in [0.1, 0.15) is 10.8 Å². The Morgan fingerprint density at radius 3 is 2.69 bits per heavy atom. The monoisotopic (exact) mass is 415 g/mol. The zero-order valence-corrected chi connectivity index (χ0v) is 17.6. The maximum atomic E-state index is 12.8. The van der Waals surface area contributed by atoms with Crippen molar-refractivity contribution >= 4 is 23.2 Å². The molecule has 1 amide bonds. The number of rotatable bonds is 8. The van der Waals surface area contributed by atoms with E-state index in [1.807, 2.05) is 23.6 Å². The van der Waals surface area contributed by atoms with Crippen LogP contribution >= 0.6 is 11.6 Å². The predicted molar refractivity (Wildman–Crippen MR) is 112 cm³/mol. The summed E-state index contributed by atoms with van der Waals surface area (Å²) < 4.78 is 1.91. The first-order valence-electron chi connectivity index (χ1n) is 9.79. The Kier molecular flexibility index (Phi) is 6.82. The van der Waals surface area contributed by atoms with E-state index in [1.165, 1.54) is 0 Å². The van der Waals surface area contributed by atoms with E-state index in [9.17, 15) is 9.90 Å². The number of amides is 1. The van der Waals surface area contributed by atoms with Crippen molar-refractivity contribution in [1.82, 2.24) is 24.7 Å². The summed E-state index contributed by atoms with van der Waals surface area (Å²) in [6.07, 6.45) is 7.26. The highest BCUT2D eigenvalue weighted by Crippen LogP contribution is 2.16. The first-order valence-corrected chi connectivity index (χ1v) is 10.2. The Hall–Kier alpha value is -2.51. The van der Waals surface area contributed by atoms with Crippen molar-refractivity contribution in [2.24, 2.45) is 5.92 Å². The minimum absolute atomic E-state index is 0.0976. The van der Waals surface area contributed by atoms with Crippen LogP contribution in [0.5, 0.6) is 0 Å². The number of pyridine rings is 1. The fraction of sp³-hybridized carbons (Fsp3) is 0.429. The van der Waals surface area contributed by atoms with Crippen LogP contribution in [0, 0.1) is 5.92 Å². The van der Waals surface area contributed by atoms with E-state index in [2.05, 4.69) is 34.1 Å². The third kappa shape index (κ3) is 5.10. The van der Waals surface area contributed by atoms with Crippen LogP contribution in [-0.4, -0.2) is 43.0 Å². The third-order valence-electron chi connectivity index (χ3n) is 4.70. The van der Waals surface area contributed by atoms with E-state index in [0.717, 1.165) is 17.0 Å². The number of aliphatic hydroxyl groups is 1. The van der Waals surface area contributed by atoms with Crippen molar-refractivity contribution in [3.63, 3.8) is 0 Å². The normalized spacial score (nSPS) is 12.5. The summed E-state index contributed by atoms with van der Waals surface area (Å²) in [6, 6.07) is 3.38. The topological polar surface area (TPSA) is 92.4 Å². The van der Waals surface area contributed by atoms with Crippen LogP contribution in [0.1, 0.15) is 54.6 Å². The highest BCUT2D eigenvalue weighted by atomic mass is 35.5. The largest absolute Gasteiger partial charge is 0.394 e. The van der Waals surface area contributed by atoms with Gasteiger partial charge in [-0.2, -0.15) is 0 Å². The van der Waals surface area contributed by atoms with Crippen molar-refractivity contribution in [3.05, 3.63) is 58.5 Å². The Balaban J connectivity index is 1.87. The van der Waals surface area contributed by atoms with Gasteiger partial charge in [-0.1, -0.05) is 38.4 Å². The lowest BCUT2D eigenvalue weighted by Gasteiger charge is -2.17. The summed E-state index contributed by atoms with van der Waals surface area (Å²) in [7, 11) is 0. The second kappa shape index (κ2) is 9.33. The van der Waals surface area contributed by atoms with Gasteiger partial charge in [0, 0.05) is 18.8 Å². The lowest BCUT2D eigenvalue weighted by Crippen LogP contribution is -2.39. The highest BCUT2D eigenvalue weighted by Gasteiger charge is 2.21. The molecule has 3 aromatic rings. The number of carbonyl (C=O) groups excluding carboxylic acids is 1. The number of imidazole rings is 1. The standard InChI is InChI=1S/C21H26ClN5O2/c1-4-17-20(21(29)25-16(12-28)7-13(2)3)26-19-10-23-15(11-27(17)19)8-14-5-6-18(22)24-9-14/h5-6,9-11,13,16,28H,4,7-8,12H2,1-3H3,(H,25,29)/t16-/m0/s1. The van der Waals surface area contributed by atoms with Gasteiger partial charge >= 0.3 is 0 Å². The number of nitrogens with one attached hydrogen (secondary N) is 1. The van der Waals surface area contributed by atoms with E-state index >= 15 is 0 Å². The molecule has 0 fully saturated rings. The SMILES string of the molecule is CCc1c(C(=O)N[C@H](CO)CC(C)C)nc2cnc(Cc3ccc(Cl)nc3)cn12. The van der Waals surface area contributed by atoms with Crippen LogP contribution < -0.4 is 5.32 Å². The van der Waals surface area contributed by atoms with Gasteiger partial charge in [-0.05, 0) is 30.4 Å². The number of carbonyl (C=O) groups is 1. The lowest BCUT2D eigenvalue weighted by atomic mass is 10.0. The second-order valence-corrected chi connectivity index (χ2v) is 7.90. The molecule has 29 heavy (non-hydrogen) atoms. The quantitative estimate of drug-likeness (QED) is 0.551. The van der Waals surface area contributed by atoms with Gasteiger partial charge in [0.15, 0.2) is 5.65 Å². The first kappa shape index (κ1) is 21.2. The minimum Gasteiger partial charge on any atom is -0.394 e. The van der Waals surface area contributed by atoms with Crippen molar-refractivity contribution < 1.29 is 9.90 Å². The third-order valence-corrected chi connectivity index (χ3v) is 4.92. The van der Waals surface area contributed by atoms with E-state index in [4.69, 9.17) is 11.6 Å². The van der Waals surface area contributed by atoms with E-state index < -0.39 is 0 Å². The van der Waals surface area contributed by atoms with Gasteiger partial charge in [0.25, 0.3) is 5.91 Å². The minimum atomic E-state index is -0.289. The Labute approximate surface area is 175 Å². The fourth-order valence-corrected chi connectivity index (χ4v) is 3.49. The maximum absolute atomic E-state index is 12.8. The summed E-state index contributed by atoms with van der Waals surface area (Å²) in [5, 5.41) is 12.9. The molecule has 0 saturated heterocycles. The van der Waals surface area contributed by atoms with Crippen molar-refractivity contribution in [2.75, 3.05) is 6.61 Å². The average Bonchev–Trinajstić information content (AvgIpc) is 3.06. The number of nitrogens with zero attached hydrogens (tertiary/aromatic N) is 4. The van der Waals surface area contributed by atoms with Gasteiger partial charge in [0.05, 0.1) is 30.2 Å². The molecule has 0 aliphatic carbocycles. The average molecular weight is 416 g/mol. The number of aryl methyl sites for hydroxylation is 1. The van der Waals surface area contributed by atoms with Gasteiger partial charge in [-0.25, -0.2) is 9.97 Å². The highest BCUT2D eigenvalue weighted by molar-refractivity contribution is 6.29. The number of hydrogen-bond donors (Lipinski definition) is 2. The van der Waals surface area contributed by atoms with Gasteiger partial charge < -0.3 is 14.8 Å². The van der Waals surface area contributed by atoms with Gasteiger partial charge in [-0.15, -0.1) is 0 Å². The molecule has 0 saturated carbocycles. The van der Waals surface area contributed by atoms with Crippen LogP contribution in [-0.2, 0) is 12.8 Å². The molecule has 3 rings (SSSR count). The zero-order chi connectivity index (χ0) is 21.0. The number of aromatic nitrogens is 4. The molecule has 1 atom stereocenters. The van der Waals surface area contributed by atoms with Crippen molar-refractivity contribution in [3.8, 4) is 0 Å². The molecule has 0 spiro atoms. The smallest absolute Gasteiger partial charge is 0.272 e. The van der Waals surface area contributed by atoms with Crippen LogP contribution in [0.15, 0.2) is 30.7 Å². The van der Waals surface area contributed by atoms with Crippen LogP contribution in [0.4, 0.5) is 0 Å². The molecule has 3 aromatic heterocycles. The summed E-state index contributed by atoms with van der Waals surface area (Å²) in [4.78, 5) is 25.9. The van der Waals surface area contributed by atoms with Crippen molar-refractivity contribution in [2.45, 2.75) is 46.1 Å². The Bertz CT molecular complexity index is 985. The summed E-state index contributed by atoms with van der Waals surface area (Å²) in [5.41, 5.74) is 3.65. The molecule has 8 heteroatoms. The van der Waals surface area contributed by atoms with Crippen LogP contribution in [0.25, 0.3) is 5.65 Å². The predicted octanol–water partition coefficient (Wildman–Crippen LogP) is 3.07. The van der Waals surface area contributed by atoms with E-state index in [0.29, 0.717) is 41.7 Å². The molecular weight excluding hydrogens is 390 g/mol. The molecule has 2 N–H and O–H groups in total. The molecule has 0 radical (unpaired) electrons. The van der Waals surface area contributed by atoms with Gasteiger partial charge in [0.2, 0.25) is 0 Å². The lowest BCUT2D eigenvalue weighted by molar-refractivity contribution is 0.0903. The molecule has 0 aliphatic rings. The number of halogens is 1. The Morgan fingerprint density at radius 1 is 1.28 bits per heavy atom. The zero-order valence-electron chi connectivity index (χ0n) is 16.9. The summed E-state index contributed by atoms with van der Waals surface area (Å²) >= 11 is 5.85. The van der Waals surface area contributed by atoms with E-state index in [-0.39, 0.29) is 18.6 Å².